The minimum absolute atomic E-state index is 0.0310. The Hall–Kier alpha value is -1.60. The largest absolute Gasteiger partial charge is 0.444 e. The standard InChI is InChI=1S/C16H28N2O5/c1-15(2,3)23-14(20)18-10-7-16(21,8-11-18)12-13(19)6-9-17(4)22-5/h6,9,21H,7-8,10-12H2,1-5H3/b9-6+. The fourth-order valence-electron chi connectivity index (χ4n) is 2.24. The lowest BCUT2D eigenvalue weighted by Crippen LogP contribution is -2.48. The van der Waals surface area contributed by atoms with E-state index in [1.54, 1.807) is 11.9 Å². The second kappa shape index (κ2) is 7.79. The van der Waals surface area contributed by atoms with Crippen molar-refractivity contribution in [3.05, 3.63) is 12.3 Å². The first-order valence-corrected chi connectivity index (χ1v) is 7.73. The van der Waals surface area contributed by atoms with Crippen molar-refractivity contribution in [1.82, 2.24) is 9.96 Å². The molecule has 1 fully saturated rings. The van der Waals surface area contributed by atoms with Crippen molar-refractivity contribution in [1.29, 1.82) is 0 Å². The van der Waals surface area contributed by atoms with E-state index >= 15 is 0 Å². The third-order valence-corrected chi connectivity index (χ3v) is 3.61. The van der Waals surface area contributed by atoms with Crippen molar-refractivity contribution in [2.45, 2.75) is 51.2 Å². The molecule has 0 aromatic carbocycles. The zero-order valence-corrected chi connectivity index (χ0v) is 14.7. The minimum Gasteiger partial charge on any atom is -0.444 e. The van der Waals surface area contributed by atoms with Gasteiger partial charge < -0.3 is 14.7 Å². The number of likely N-dealkylation sites (tertiary alicyclic amines) is 1. The number of piperidine rings is 1. The zero-order valence-electron chi connectivity index (χ0n) is 14.7. The quantitative estimate of drug-likeness (QED) is 0.611. The van der Waals surface area contributed by atoms with Crippen LogP contribution < -0.4 is 0 Å². The van der Waals surface area contributed by atoms with Gasteiger partial charge in [0.15, 0.2) is 5.78 Å². The van der Waals surface area contributed by atoms with Gasteiger partial charge >= 0.3 is 6.09 Å². The number of hydrogen-bond acceptors (Lipinski definition) is 6. The maximum atomic E-state index is 12.0. The first kappa shape index (κ1) is 19.4. The van der Waals surface area contributed by atoms with Crippen molar-refractivity contribution < 1.29 is 24.3 Å². The molecule has 23 heavy (non-hydrogen) atoms. The number of aliphatic hydroxyl groups is 1. The van der Waals surface area contributed by atoms with Gasteiger partial charge in [-0.1, -0.05) is 0 Å². The van der Waals surface area contributed by atoms with Crippen LogP contribution >= 0.6 is 0 Å². The second-order valence-electron chi connectivity index (χ2n) is 6.88. The number of allylic oxidation sites excluding steroid dienone is 1. The van der Waals surface area contributed by atoms with Crippen LogP contribution in [0.5, 0.6) is 0 Å². The van der Waals surface area contributed by atoms with Gasteiger partial charge in [-0.05, 0) is 39.7 Å². The Morgan fingerprint density at radius 1 is 1.30 bits per heavy atom. The molecule has 0 radical (unpaired) electrons. The molecule has 0 saturated carbocycles. The molecule has 132 valence electrons. The highest BCUT2D eigenvalue weighted by molar-refractivity contribution is 5.90. The molecule has 0 aromatic rings. The van der Waals surface area contributed by atoms with E-state index in [2.05, 4.69) is 0 Å². The van der Waals surface area contributed by atoms with Gasteiger partial charge in [0.25, 0.3) is 0 Å². The molecule has 0 aliphatic carbocycles. The summed E-state index contributed by atoms with van der Waals surface area (Å²) in [4.78, 5) is 30.3. The fourth-order valence-corrected chi connectivity index (χ4v) is 2.24. The third kappa shape index (κ3) is 7.00. The van der Waals surface area contributed by atoms with Crippen LogP contribution in [0.4, 0.5) is 4.79 Å². The Labute approximate surface area is 137 Å². The molecule has 1 saturated heterocycles. The summed E-state index contributed by atoms with van der Waals surface area (Å²) >= 11 is 0. The summed E-state index contributed by atoms with van der Waals surface area (Å²) in [5.74, 6) is -0.179. The van der Waals surface area contributed by atoms with Gasteiger partial charge in [-0.3, -0.25) is 14.7 Å². The molecule has 1 aliphatic heterocycles. The van der Waals surface area contributed by atoms with Crippen molar-refractivity contribution in [3.8, 4) is 0 Å². The van der Waals surface area contributed by atoms with Gasteiger partial charge in [0.1, 0.15) is 5.60 Å². The lowest BCUT2D eigenvalue weighted by atomic mass is 9.86. The predicted molar refractivity (Wildman–Crippen MR) is 85.5 cm³/mol. The van der Waals surface area contributed by atoms with Crippen LogP contribution in [0.1, 0.15) is 40.0 Å². The van der Waals surface area contributed by atoms with Crippen molar-refractivity contribution >= 4 is 11.9 Å². The molecule has 0 atom stereocenters. The Balaban J connectivity index is 2.49. The van der Waals surface area contributed by atoms with E-state index in [1.165, 1.54) is 24.4 Å². The molecule has 1 heterocycles. The van der Waals surface area contributed by atoms with Gasteiger partial charge in [-0.15, -0.1) is 0 Å². The summed E-state index contributed by atoms with van der Waals surface area (Å²) < 4.78 is 5.31. The molecule has 7 heteroatoms. The molecular weight excluding hydrogens is 300 g/mol. The lowest BCUT2D eigenvalue weighted by molar-refractivity contribution is -0.121. The maximum Gasteiger partial charge on any atom is 0.410 e. The van der Waals surface area contributed by atoms with E-state index in [4.69, 9.17) is 9.57 Å². The van der Waals surface area contributed by atoms with E-state index in [1.807, 2.05) is 20.8 Å². The summed E-state index contributed by atoms with van der Waals surface area (Å²) in [7, 11) is 3.16. The smallest absolute Gasteiger partial charge is 0.410 e. The molecule has 1 rings (SSSR count). The predicted octanol–water partition coefficient (Wildman–Crippen LogP) is 1.71. The number of amides is 1. The first-order valence-electron chi connectivity index (χ1n) is 7.73. The summed E-state index contributed by atoms with van der Waals surface area (Å²) in [6.07, 6.45) is 3.23. The van der Waals surface area contributed by atoms with E-state index in [9.17, 15) is 14.7 Å². The van der Waals surface area contributed by atoms with E-state index < -0.39 is 11.2 Å². The topological polar surface area (TPSA) is 79.3 Å². The van der Waals surface area contributed by atoms with Crippen molar-refractivity contribution in [2.24, 2.45) is 0 Å². The first-order chi connectivity index (χ1) is 10.5. The molecule has 0 aromatic heterocycles. The van der Waals surface area contributed by atoms with E-state index in [-0.39, 0.29) is 18.3 Å². The Morgan fingerprint density at radius 2 is 1.87 bits per heavy atom. The lowest BCUT2D eigenvalue weighted by Gasteiger charge is -2.38. The molecule has 0 bridgehead atoms. The van der Waals surface area contributed by atoms with Crippen molar-refractivity contribution in [2.75, 3.05) is 27.2 Å². The number of ether oxygens (including phenoxy) is 1. The van der Waals surface area contributed by atoms with Gasteiger partial charge in [-0.25, -0.2) is 4.79 Å². The molecule has 0 spiro atoms. The highest BCUT2D eigenvalue weighted by atomic mass is 16.7. The van der Waals surface area contributed by atoms with Crippen LogP contribution in [0.2, 0.25) is 0 Å². The second-order valence-corrected chi connectivity index (χ2v) is 6.88. The Bertz CT molecular complexity index is 448. The average molecular weight is 328 g/mol. The fraction of sp³-hybridized carbons (Fsp3) is 0.750. The van der Waals surface area contributed by atoms with Crippen LogP contribution in [-0.2, 0) is 14.4 Å². The zero-order chi connectivity index (χ0) is 17.7. The van der Waals surface area contributed by atoms with Gasteiger partial charge in [0.2, 0.25) is 0 Å². The highest BCUT2D eigenvalue weighted by Crippen LogP contribution is 2.27. The normalized spacial score (nSPS) is 18.1. The van der Waals surface area contributed by atoms with Crippen LogP contribution in [0.15, 0.2) is 12.3 Å². The number of carbonyl (C=O) groups is 2. The maximum absolute atomic E-state index is 12.0. The molecule has 1 amide bonds. The van der Waals surface area contributed by atoms with Crippen LogP contribution in [-0.4, -0.2) is 65.4 Å². The minimum atomic E-state index is -1.08. The van der Waals surface area contributed by atoms with Crippen LogP contribution in [0.3, 0.4) is 0 Å². The molecule has 0 unspecified atom stereocenters. The Morgan fingerprint density at radius 3 is 2.35 bits per heavy atom. The molecule has 1 N–H and O–H groups in total. The number of carbonyl (C=O) groups excluding carboxylic acids is 2. The van der Waals surface area contributed by atoms with Crippen LogP contribution in [0, 0.1) is 0 Å². The third-order valence-electron chi connectivity index (χ3n) is 3.61. The molecule has 1 aliphatic rings. The van der Waals surface area contributed by atoms with E-state index in [0.717, 1.165) is 0 Å². The van der Waals surface area contributed by atoms with Gasteiger partial charge in [0.05, 0.1) is 12.7 Å². The van der Waals surface area contributed by atoms with Crippen LogP contribution in [0.25, 0.3) is 0 Å². The molecular formula is C16H28N2O5. The number of hydroxylamine groups is 2. The van der Waals surface area contributed by atoms with Gasteiger partial charge in [-0.2, -0.15) is 0 Å². The summed E-state index contributed by atoms with van der Waals surface area (Å²) in [6, 6.07) is 0. The number of rotatable bonds is 5. The number of nitrogens with zero attached hydrogens (tertiary/aromatic N) is 2. The van der Waals surface area contributed by atoms with Gasteiger partial charge in [0, 0.05) is 32.8 Å². The Kier molecular flexibility index (Phi) is 6.58. The summed E-state index contributed by atoms with van der Waals surface area (Å²) in [6.45, 7) is 6.19. The monoisotopic (exact) mass is 328 g/mol. The highest BCUT2D eigenvalue weighted by Gasteiger charge is 2.36. The SMILES string of the molecule is CON(C)/C=C/C(=O)CC1(O)CCN(C(=O)OC(C)(C)C)CC1. The number of ketones is 1. The average Bonchev–Trinajstić information content (AvgIpc) is 2.43. The summed E-state index contributed by atoms with van der Waals surface area (Å²) in [5, 5.41) is 11.9. The number of hydrogen-bond donors (Lipinski definition) is 1. The summed E-state index contributed by atoms with van der Waals surface area (Å²) in [5.41, 5.74) is -1.62. The van der Waals surface area contributed by atoms with E-state index in [0.29, 0.717) is 25.9 Å². The molecule has 7 nitrogen and oxygen atoms in total. The van der Waals surface area contributed by atoms with Crippen molar-refractivity contribution in [3.63, 3.8) is 0 Å².